The first-order valence-corrected chi connectivity index (χ1v) is 7.97. The van der Waals surface area contributed by atoms with Crippen LogP contribution in [0.15, 0.2) is 0 Å². The Morgan fingerprint density at radius 2 is 2.11 bits per heavy atom. The van der Waals surface area contributed by atoms with Crippen LogP contribution in [-0.2, 0) is 4.74 Å². The van der Waals surface area contributed by atoms with Crippen LogP contribution in [0.1, 0.15) is 39.0 Å². The highest BCUT2D eigenvalue weighted by atomic mass is 16.5. The van der Waals surface area contributed by atoms with Crippen molar-refractivity contribution in [3.63, 3.8) is 0 Å². The molecule has 0 aromatic heterocycles. The third-order valence-electron chi connectivity index (χ3n) is 4.64. The summed E-state index contributed by atoms with van der Waals surface area (Å²) in [7, 11) is 0. The highest BCUT2D eigenvalue weighted by Gasteiger charge is 2.38. The molecule has 0 amide bonds. The summed E-state index contributed by atoms with van der Waals surface area (Å²) in [6, 6.07) is 2.11. The zero-order valence-electron chi connectivity index (χ0n) is 12.1. The van der Waals surface area contributed by atoms with Crippen molar-refractivity contribution in [1.82, 2.24) is 10.2 Å². The Morgan fingerprint density at radius 1 is 1.32 bits per heavy atom. The van der Waals surface area contributed by atoms with Crippen molar-refractivity contribution in [2.75, 3.05) is 26.3 Å². The van der Waals surface area contributed by atoms with Gasteiger partial charge in [0, 0.05) is 37.8 Å². The molecule has 110 valence electrons. The molecule has 1 heterocycles. The summed E-state index contributed by atoms with van der Waals surface area (Å²) in [4.78, 5) is 2.63. The van der Waals surface area contributed by atoms with Crippen LogP contribution in [0.2, 0.25) is 0 Å². The van der Waals surface area contributed by atoms with Crippen molar-refractivity contribution in [3.8, 4) is 0 Å². The molecule has 0 spiro atoms. The molecule has 3 rings (SSSR count). The Bertz CT molecular complexity index is 292. The van der Waals surface area contributed by atoms with Crippen LogP contribution in [0.25, 0.3) is 0 Å². The quantitative estimate of drug-likeness (QED) is 0.689. The standard InChI is InChI=1S/C15H28N2O2/c1-11-6-13(8-17(11)14-4-5-14)16-7-15(18)10-19-9-12-2-3-12/h11-16,18H,2-10H2,1H3. The van der Waals surface area contributed by atoms with Crippen molar-refractivity contribution in [2.45, 2.75) is 63.3 Å². The molecule has 3 fully saturated rings. The van der Waals surface area contributed by atoms with Crippen LogP contribution in [0.5, 0.6) is 0 Å². The number of nitrogens with zero attached hydrogens (tertiary/aromatic N) is 1. The van der Waals surface area contributed by atoms with E-state index >= 15 is 0 Å². The number of hydrogen-bond donors (Lipinski definition) is 2. The topological polar surface area (TPSA) is 44.7 Å². The molecule has 1 saturated heterocycles. The Balaban J connectivity index is 1.28. The van der Waals surface area contributed by atoms with Gasteiger partial charge < -0.3 is 15.2 Å². The maximum absolute atomic E-state index is 9.90. The number of rotatable bonds is 8. The minimum absolute atomic E-state index is 0.357. The van der Waals surface area contributed by atoms with E-state index in [1.54, 1.807) is 0 Å². The van der Waals surface area contributed by atoms with Gasteiger partial charge in [-0.15, -0.1) is 0 Å². The van der Waals surface area contributed by atoms with Gasteiger partial charge in [0.1, 0.15) is 0 Å². The first-order valence-electron chi connectivity index (χ1n) is 7.97. The zero-order chi connectivity index (χ0) is 13.2. The van der Waals surface area contributed by atoms with Crippen LogP contribution in [0.3, 0.4) is 0 Å². The van der Waals surface area contributed by atoms with E-state index in [2.05, 4.69) is 17.1 Å². The van der Waals surface area contributed by atoms with Gasteiger partial charge in [0.2, 0.25) is 0 Å². The molecule has 2 N–H and O–H groups in total. The van der Waals surface area contributed by atoms with Crippen LogP contribution < -0.4 is 5.32 Å². The highest BCUT2D eigenvalue weighted by molar-refractivity contribution is 4.96. The van der Waals surface area contributed by atoms with E-state index in [4.69, 9.17) is 4.74 Å². The van der Waals surface area contributed by atoms with E-state index in [0.29, 0.717) is 25.2 Å². The minimum atomic E-state index is -0.357. The van der Waals surface area contributed by atoms with Gasteiger partial charge in [0.15, 0.2) is 0 Å². The SMILES string of the molecule is CC1CC(NCC(O)COCC2CC2)CN1C1CC1. The lowest BCUT2D eigenvalue weighted by Gasteiger charge is -2.20. The van der Waals surface area contributed by atoms with Gasteiger partial charge in [-0.05, 0) is 44.9 Å². The number of nitrogens with one attached hydrogen (secondary N) is 1. The maximum Gasteiger partial charge on any atom is 0.0897 e. The molecule has 0 bridgehead atoms. The average molecular weight is 268 g/mol. The Hall–Kier alpha value is -0.160. The second-order valence-corrected chi connectivity index (χ2v) is 6.75. The summed E-state index contributed by atoms with van der Waals surface area (Å²) in [6.07, 6.45) is 6.25. The van der Waals surface area contributed by atoms with Gasteiger partial charge in [0.05, 0.1) is 12.7 Å². The summed E-state index contributed by atoms with van der Waals surface area (Å²) < 4.78 is 5.52. The average Bonchev–Trinajstić information content (AvgIpc) is 3.27. The molecule has 3 atom stereocenters. The van der Waals surface area contributed by atoms with Gasteiger partial charge in [-0.3, -0.25) is 4.90 Å². The van der Waals surface area contributed by atoms with Gasteiger partial charge in [-0.1, -0.05) is 0 Å². The Labute approximate surface area is 116 Å². The lowest BCUT2D eigenvalue weighted by atomic mass is 10.2. The smallest absolute Gasteiger partial charge is 0.0897 e. The fraction of sp³-hybridized carbons (Fsp3) is 1.00. The molecule has 0 aromatic rings. The summed E-state index contributed by atoms with van der Waals surface area (Å²) in [5, 5.41) is 13.4. The van der Waals surface area contributed by atoms with Crippen molar-refractivity contribution >= 4 is 0 Å². The Morgan fingerprint density at radius 3 is 2.79 bits per heavy atom. The summed E-state index contributed by atoms with van der Waals surface area (Å²) >= 11 is 0. The van der Waals surface area contributed by atoms with E-state index in [1.165, 1.54) is 32.1 Å². The molecule has 4 nitrogen and oxygen atoms in total. The Kier molecular flexibility index (Phi) is 4.42. The van der Waals surface area contributed by atoms with E-state index < -0.39 is 0 Å². The second kappa shape index (κ2) is 6.08. The fourth-order valence-electron chi connectivity index (χ4n) is 3.14. The van der Waals surface area contributed by atoms with Crippen molar-refractivity contribution in [3.05, 3.63) is 0 Å². The van der Waals surface area contributed by atoms with Gasteiger partial charge in [-0.2, -0.15) is 0 Å². The molecule has 4 heteroatoms. The first-order chi connectivity index (χ1) is 9.22. The van der Waals surface area contributed by atoms with E-state index in [-0.39, 0.29) is 6.10 Å². The van der Waals surface area contributed by atoms with Crippen molar-refractivity contribution in [1.29, 1.82) is 0 Å². The third kappa shape index (κ3) is 4.15. The normalized spacial score (nSPS) is 33.8. The summed E-state index contributed by atoms with van der Waals surface area (Å²) in [5.41, 5.74) is 0. The molecular formula is C15H28N2O2. The monoisotopic (exact) mass is 268 g/mol. The molecule has 2 saturated carbocycles. The first kappa shape index (κ1) is 13.8. The summed E-state index contributed by atoms with van der Waals surface area (Å²) in [5.74, 6) is 0.781. The largest absolute Gasteiger partial charge is 0.389 e. The highest BCUT2D eigenvalue weighted by Crippen LogP contribution is 2.33. The molecule has 19 heavy (non-hydrogen) atoms. The number of aliphatic hydroxyl groups excluding tert-OH is 1. The molecule has 2 aliphatic carbocycles. The molecule has 3 unspecified atom stereocenters. The third-order valence-corrected chi connectivity index (χ3v) is 4.64. The maximum atomic E-state index is 9.90. The fourth-order valence-corrected chi connectivity index (χ4v) is 3.14. The zero-order valence-corrected chi connectivity index (χ0v) is 12.1. The molecule has 1 aliphatic heterocycles. The number of ether oxygens (including phenoxy) is 1. The second-order valence-electron chi connectivity index (χ2n) is 6.75. The van der Waals surface area contributed by atoms with Crippen LogP contribution in [0.4, 0.5) is 0 Å². The van der Waals surface area contributed by atoms with Gasteiger partial charge in [-0.25, -0.2) is 0 Å². The molecule has 3 aliphatic rings. The van der Waals surface area contributed by atoms with E-state index in [0.717, 1.165) is 25.1 Å². The molecule has 0 radical (unpaired) electrons. The number of likely N-dealkylation sites (tertiary alicyclic amines) is 1. The minimum Gasteiger partial charge on any atom is -0.389 e. The van der Waals surface area contributed by atoms with Gasteiger partial charge >= 0.3 is 0 Å². The summed E-state index contributed by atoms with van der Waals surface area (Å²) in [6.45, 7) is 5.47. The lowest BCUT2D eigenvalue weighted by molar-refractivity contribution is 0.0314. The van der Waals surface area contributed by atoms with Gasteiger partial charge in [0.25, 0.3) is 0 Å². The van der Waals surface area contributed by atoms with Crippen molar-refractivity contribution < 1.29 is 9.84 Å². The van der Waals surface area contributed by atoms with Crippen LogP contribution in [0, 0.1) is 5.92 Å². The van der Waals surface area contributed by atoms with E-state index in [9.17, 15) is 5.11 Å². The number of aliphatic hydroxyl groups is 1. The molecular weight excluding hydrogens is 240 g/mol. The van der Waals surface area contributed by atoms with E-state index in [1.807, 2.05) is 0 Å². The van der Waals surface area contributed by atoms with Crippen LogP contribution >= 0.6 is 0 Å². The predicted molar refractivity (Wildman–Crippen MR) is 75.1 cm³/mol. The van der Waals surface area contributed by atoms with Crippen molar-refractivity contribution in [2.24, 2.45) is 5.92 Å². The lowest BCUT2D eigenvalue weighted by Crippen LogP contribution is -2.39. The van der Waals surface area contributed by atoms with Crippen LogP contribution in [-0.4, -0.2) is 60.5 Å². The predicted octanol–water partition coefficient (Wildman–Crippen LogP) is 0.989. The molecule has 0 aromatic carbocycles. The number of hydrogen-bond acceptors (Lipinski definition) is 4.